The van der Waals surface area contributed by atoms with Crippen LogP contribution >= 0.6 is 7.82 Å². The van der Waals surface area contributed by atoms with Crippen molar-refractivity contribution in [2.24, 2.45) is 0 Å². The molecule has 7 nitrogen and oxygen atoms in total. The molecule has 0 aliphatic carbocycles. The van der Waals surface area contributed by atoms with Gasteiger partial charge in [0, 0.05) is 0 Å². The maximum atomic E-state index is 11.8. The normalized spacial score (nSPS) is 21.2. The molecule has 192 valence electrons. The summed E-state index contributed by atoms with van der Waals surface area (Å²) in [5.41, 5.74) is 0. The van der Waals surface area contributed by atoms with E-state index in [0.717, 1.165) is 12.8 Å². The Balaban J connectivity index is 1.94. The molecule has 1 heterocycles. The number of rotatable bonds is 21. The zero-order chi connectivity index (χ0) is 23.7. The van der Waals surface area contributed by atoms with E-state index in [0.29, 0.717) is 17.6 Å². The van der Waals surface area contributed by atoms with Crippen LogP contribution < -0.4 is 4.89 Å². The van der Waals surface area contributed by atoms with E-state index >= 15 is 0 Å². The van der Waals surface area contributed by atoms with Gasteiger partial charge in [0.1, 0.15) is 19.3 Å². The third kappa shape index (κ3) is 17.5. The van der Waals surface area contributed by atoms with Crippen LogP contribution in [0.1, 0.15) is 96.8 Å². The van der Waals surface area contributed by atoms with Gasteiger partial charge in [0.2, 0.25) is 0 Å². The standard InChI is InChI=1S/C24H50NO6P/c1-5-6-7-8-9-10-11-12-13-14-15-16-17-18-24-28-21-23(31-24)22-30-32(26,27)29-20-19-25(2,3)4/h23-24H,5-22H2,1-4H3. The third-order valence-corrected chi connectivity index (χ3v) is 6.75. The molecule has 0 bridgehead atoms. The first kappa shape index (κ1) is 30.0. The number of phosphoric acid groups is 1. The largest absolute Gasteiger partial charge is 0.756 e. The first-order valence-electron chi connectivity index (χ1n) is 12.9. The first-order chi connectivity index (χ1) is 15.2. The van der Waals surface area contributed by atoms with Gasteiger partial charge in [0.05, 0.1) is 34.4 Å². The molecule has 0 aromatic carbocycles. The van der Waals surface area contributed by atoms with E-state index in [1.807, 2.05) is 21.1 Å². The fraction of sp³-hybridized carbons (Fsp3) is 1.00. The Kier molecular flexibility index (Phi) is 16.4. The Labute approximate surface area is 197 Å². The van der Waals surface area contributed by atoms with E-state index < -0.39 is 7.82 Å². The Bertz CT molecular complexity index is 499. The average Bonchev–Trinajstić information content (AvgIpc) is 3.17. The van der Waals surface area contributed by atoms with E-state index in [1.165, 1.54) is 77.0 Å². The number of hydrogen-bond acceptors (Lipinski definition) is 6. The molecule has 32 heavy (non-hydrogen) atoms. The summed E-state index contributed by atoms with van der Waals surface area (Å²) in [6.45, 7) is 3.26. The van der Waals surface area contributed by atoms with Gasteiger partial charge in [-0.1, -0.05) is 84.0 Å². The molecule has 0 saturated carbocycles. The van der Waals surface area contributed by atoms with Gasteiger partial charge in [-0.25, -0.2) is 0 Å². The molecule has 3 unspecified atom stereocenters. The van der Waals surface area contributed by atoms with Gasteiger partial charge in [0.15, 0.2) is 6.29 Å². The van der Waals surface area contributed by atoms with Gasteiger partial charge >= 0.3 is 0 Å². The molecule has 0 aromatic heterocycles. The van der Waals surface area contributed by atoms with E-state index in [-0.39, 0.29) is 25.6 Å². The first-order valence-corrected chi connectivity index (χ1v) is 14.4. The maximum absolute atomic E-state index is 11.8. The summed E-state index contributed by atoms with van der Waals surface area (Å²) in [6, 6.07) is 0. The zero-order valence-corrected chi connectivity index (χ0v) is 22.1. The van der Waals surface area contributed by atoms with Crippen LogP contribution in [-0.4, -0.2) is 64.4 Å². The second-order valence-electron chi connectivity index (χ2n) is 10.1. The van der Waals surface area contributed by atoms with Crippen LogP contribution in [-0.2, 0) is 23.1 Å². The van der Waals surface area contributed by atoms with Crippen LogP contribution in [0.5, 0.6) is 0 Å². The monoisotopic (exact) mass is 479 g/mol. The molecule has 0 amide bonds. The topological polar surface area (TPSA) is 77.1 Å². The quantitative estimate of drug-likeness (QED) is 0.124. The maximum Gasteiger partial charge on any atom is 0.268 e. The van der Waals surface area contributed by atoms with E-state index in [2.05, 4.69) is 6.92 Å². The number of quaternary nitrogens is 1. The van der Waals surface area contributed by atoms with Crippen molar-refractivity contribution in [3.63, 3.8) is 0 Å². The molecule has 0 aromatic rings. The van der Waals surface area contributed by atoms with Crippen LogP contribution in [0.2, 0.25) is 0 Å². The minimum absolute atomic E-state index is 0.0553. The zero-order valence-electron chi connectivity index (χ0n) is 21.2. The summed E-state index contributed by atoms with van der Waals surface area (Å²) in [6.07, 6.45) is 17.5. The Morgan fingerprint density at radius 1 is 0.875 bits per heavy atom. The van der Waals surface area contributed by atoms with E-state index in [1.54, 1.807) is 0 Å². The SMILES string of the molecule is CCCCCCCCCCCCCCCC1OCC(COP(=O)([O-])OCC[N+](C)(C)C)O1. The number of unbranched alkanes of at least 4 members (excludes halogenated alkanes) is 12. The van der Waals surface area contributed by atoms with Crippen LogP contribution in [0.25, 0.3) is 0 Å². The van der Waals surface area contributed by atoms with Crippen molar-refractivity contribution in [1.82, 2.24) is 0 Å². The van der Waals surface area contributed by atoms with Crippen molar-refractivity contribution >= 4 is 7.82 Å². The molecule has 1 saturated heterocycles. The molecule has 3 atom stereocenters. The van der Waals surface area contributed by atoms with Crippen molar-refractivity contribution in [2.75, 3.05) is 47.5 Å². The van der Waals surface area contributed by atoms with Crippen LogP contribution in [0.3, 0.4) is 0 Å². The molecular formula is C24H50NO6P. The number of hydrogen-bond donors (Lipinski definition) is 0. The predicted molar refractivity (Wildman–Crippen MR) is 127 cm³/mol. The Morgan fingerprint density at radius 2 is 1.41 bits per heavy atom. The van der Waals surface area contributed by atoms with Crippen molar-refractivity contribution in [1.29, 1.82) is 0 Å². The minimum Gasteiger partial charge on any atom is -0.756 e. The average molecular weight is 480 g/mol. The highest BCUT2D eigenvalue weighted by Crippen LogP contribution is 2.38. The summed E-state index contributed by atoms with van der Waals surface area (Å²) < 4.78 is 33.7. The van der Waals surface area contributed by atoms with Gasteiger partial charge in [-0.05, 0) is 12.8 Å². The summed E-state index contributed by atoms with van der Waals surface area (Å²) >= 11 is 0. The molecule has 1 aliphatic heterocycles. The van der Waals surface area contributed by atoms with Crippen molar-refractivity contribution in [2.45, 2.75) is 109 Å². The van der Waals surface area contributed by atoms with Gasteiger partial charge < -0.3 is 27.9 Å². The second kappa shape index (κ2) is 17.4. The summed E-state index contributed by atoms with van der Waals surface area (Å²) in [5.74, 6) is 0. The molecule has 8 heteroatoms. The van der Waals surface area contributed by atoms with E-state index in [4.69, 9.17) is 18.5 Å². The molecular weight excluding hydrogens is 429 g/mol. The molecule has 0 N–H and O–H groups in total. The van der Waals surface area contributed by atoms with Crippen LogP contribution in [0.4, 0.5) is 0 Å². The predicted octanol–water partition coefficient (Wildman–Crippen LogP) is 5.42. The van der Waals surface area contributed by atoms with Crippen LogP contribution in [0.15, 0.2) is 0 Å². The van der Waals surface area contributed by atoms with Gasteiger partial charge in [-0.15, -0.1) is 0 Å². The fourth-order valence-electron chi connectivity index (χ4n) is 3.71. The fourth-order valence-corrected chi connectivity index (χ4v) is 4.44. The second-order valence-corrected chi connectivity index (χ2v) is 11.6. The lowest BCUT2D eigenvalue weighted by molar-refractivity contribution is -0.870. The van der Waals surface area contributed by atoms with Crippen molar-refractivity contribution < 1.29 is 32.5 Å². The Morgan fingerprint density at radius 3 is 1.94 bits per heavy atom. The lowest BCUT2D eigenvalue weighted by Gasteiger charge is -2.27. The molecule has 1 rings (SSSR count). The minimum atomic E-state index is -4.30. The highest BCUT2D eigenvalue weighted by atomic mass is 31.2. The number of likely N-dealkylation sites (N-methyl/N-ethyl adjacent to an activating group) is 1. The highest BCUT2D eigenvalue weighted by Gasteiger charge is 2.27. The summed E-state index contributed by atoms with van der Waals surface area (Å²) in [4.78, 5) is 11.8. The molecule has 0 spiro atoms. The van der Waals surface area contributed by atoms with Crippen molar-refractivity contribution in [3.05, 3.63) is 0 Å². The van der Waals surface area contributed by atoms with Crippen LogP contribution in [0, 0.1) is 0 Å². The molecule has 1 fully saturated rings. The van der Waals surface area contributed by atoms with E-state index in [9.17, 15) is 9.46 Å². The molecule has 0 radical (unpaired) electrons. The summed E-state index contributed by atoms with van der Waals surface area (Å²) in [7, 11) is 1.62. The summed E-state index contributed by atoms with van der Waals surface area (Å²) in [5, 5.41) is 0. The number of phosphoric ester groups is 1. The van der Waals surface area contributed by atoms with Crippen molar-refractivity contribution in [3.8, 4) is 0 Å². The third-order valence-electron chi connectivity index (χ3n) is 5.79. The number of nitrogens with zero attached hydrogens (tertiary/aromatic N) is 1. The lowest BCUT2D eigenvalue weighted by atomic mass is 10.0. The highest BCUT2D eigenvalue weighted by molar-refractivity contribution is 7.45. The molecule has 1 aliphatic rings. The lowest BCUT2D eigenvalue weighted by Crippen LogP contribution is -2.37. The van der Waals surface area contributed by atoms with Gasteiger partial charge in [-0.2, -0.15) is 0 Å². The smallest absolute Gasteiger partial charge is 0.268 e. The van der Waals surface area contributed by atoms with Gasteiger partial charge in [0.25, 0.3) is 7.82 Å². The number of ether oxygens (including phenoxy) is 2. The Hall–Kier alpha value is -0.0100. The van der Waals surface area contributed by atoms with Gasteiger partial charge in [-0.3, -0.25) is 4.57 Å².